The number of unbranched alkanes of at least 4 members (excludes halogenated alkanes) is 1. The van der Waals surface area contributed by atoms with Gasteiger partial charge in [0.25, 0.3) is 10.4 Å². The highest BCUT2D eigenvalue weighted by Crippen LogP contribution is 2.63. The summed E-state index contributed by atoms with van der Waals surface area (Å²) in [6, 6.07) is 0. The monoisotopic (exact) mass is 530 g/mol. The molecule has 0 aliphatic rings. The van der Waals surface area contributed by atoms with E-state index in [2.05, 4.69) is 20.4 Å². The van der Waals surface area contributed by atoms with Gasteiger partial charge in [-0.3, -0.25) is 0 Å². The van der Waals surface area contributed by atoms with Crippen molar-refractivity contribution in [1.82, 2.24) is 20.4 Å². The number of nitrogens with zero attached hydrogens (tertiary/aromatic N) is 4. The van der Waals surface area contributed by atoms with Crippen molar-refractivity contribution in [1.29, 1.82) is 0 Å². The van der Waals surface area contributed by atoms with E-state index < -0.39 is 13.6 Å². The number of hydrogen-bond acceptors (Lipinski definition) is 14. The maximum Gasteiger partial charge on any atom is 0.398 e. The van der Waals surface area contributed by atoms with Crippen molar-refractivity contribution in [2.45, 2.75) is 63.8 Å². The molecule has 2 heterocycles. The molecular formula is C16H28N4O8P2S2. The van der Waals surface area contributed by atoms with E-state index in [1.807, 2.05) is 0 Å². The molecule has 0 fully saturated rings. The molecule has 0 saturated carbocycles. The molecule has 182 valence electrons. The highest BCUT2D eigenvalue weighted by molar-refractivity contribution is 8.55. The molecule has 0 radical (unpaired) electrons. The Morgan fingerprint density at radius 1 is 0.656 bits per heavy atom. The Balaban J connectivity index is 1.79. The van der Waals surface area contributed by atoms with Crippen LogP contribution in [0.2, 0.25) is 0 Å². The molecule has 0 aromatic carbocycles. The van der Waals surface area contributed by atoms with Crippen LogP contribution in [0.15, 0.2) is 19.3 Å². The van der Waals surface area contributed by atoms with Crippen LogP contribution in [0.1, 0.15) is 52.3 Å². The van der Waals surface area contributed by atoms with Crippen LogP contribution >= 0.6 is 36.4 Å². The Hall–Kier alpha value is -0.720. The molecule has 12 nitrogen and oxygen atoms in total. The lowest BCUT2D eigenvalue weighted by Crippen LogP contribution is -1.92. The first-order valence-electron chi connectivity index (χ1n) is 10.2. The zero-order valence-corrected chi connectivity index (χ0v) is 21.8. The van der Waals surface area contributed by atoms with Gasteiger partial charge in [0.05, 0.1) is 49.2 Å². The van der Waals surface area contributed by atoms with Gasteiger partial charge in [-0.05, 0) is 40.5 Å². The summed E-state index contributed by atoms with van der Waals surface area (Å²) in [6.07, 6.45) is 2.51. The first kappa shape index (κ1) is 27.5. The Labute approximate surface area is 194 Å². The third-order valence-corrected chi connectivity index (χ3v) is 10.4. The summed E-state index contributed by atoms with van der Waals surface area (Å²) in [5.74, 6) is 0.839. The fraction of sp³-hybridized carbons (Fsp3) is 0.750. The summed E-state index contributed by atoms with van der Waals surface area (Å²) >= 11 is 1.61. The lowest BCUT2D eigenvalue weighted by molar-refractivity contribution is 0.235. The third-order valence-electron chi connectivity index (χ3n) is 3.46. The summed E-state index contributed by atoms with van der Waals surface area (Å²) in [6.45, 7) is 1.16. The lowest BCUT2D eigenvalue weighted by Gasteiger charge is -2.13. The van der Waals surface area contributed by atoms with Crippen molar-refractivity contribution in [3.05, 3.63) is 11.8 Å². The number of rotatable bonds is 17. The molecule has 0 spiro atoms. The van der Waals surface area contributed by atoms with Gasteiger partial charge in [-0.1, -0.05) is 0 Å². The van der Waals surface area contributed by atoms with Crippen molar-refractivity contribution >= 4 is 36.4 Å². The zero-order chi connectivity index (χ0) is 23.5. The van der Waals surface area contributed by atoms with Gasteiger partial charge in [0.15, 0.2) is 0 Å². The first-order valence-corrected chi connectivity index (χ1v) is 16.1. The van der Waals surface area contributed by atoms with E-state index in [1.165, 1.54) is 0 Å². The summed E-state index contributed by atoms with van der Waals surface area (Å²) in [4.78, 5) is 0. The summed E-state index contributed by atoms with van der Waals surface area (Å²) in [5, 5.41) is 16.0. The highest BCUT2D eigenvalue weighted by atomic mass is 32.7. The van der Waals surface area contributed by atoms with Gasteiger partial charge >= 0.3 is 13.6 Å². The lowest BCUT2D eigenvalue weighted by atomic mass is 10.2. The van der Waals surface area contributed by atoms with E-state index in [0.717, 1.165) is 35.6 Å². The zero-order valence-electron chi connectivity index (χ0n) is 18.4. The average Bonchev–Trinajstić information content (AvgIpc) is 3.35. The second kappa shape index (κ2) is 13.9. The Morgan fingerprint density at radius 3 is 1.31 bits per heavy atom. The second-order valence-electron chi connectivity index (χ2n) is 5.88. The smallest absolute Gasteiger partial charge is 0.398 e. The van der Waals surface area contributed by atoms with Crippen LogP contribution in [0, 0.1) is 0 Å². The van der Waals surface area contributed by atoms with Gasteiger partial charge in [-0.15, -0.1) is 20.4 Å². The number of aromatic nitrogens is 4. The largest absolute Gasteiger partial charge is 0.416 e. The standard InChI is InChI=1S/C16H28N4O8P2S2/c1-5-23-29(21,24-6-2)31-15-19-17-13(27-15)11-9-10-12-14-18-20-16(28-14)32-30(22,25-7-3)26-8-4/h5-12H2,1-4H3. The van der Waals surface area contributed by atoms with Crippen molar-refractivity contribution in [2.75, 3.05) is 26.4 Å². The molecule has 2 aromatic rings. The van der Waals surface area contributed by atoms with Crippen LogP contribution in [0.3, 0.4) is 0 Å². The summed E-state index contributed by atoms with van der Waals surface area (Å²) in [7, 11) is 0. The Bertz CT molecular complexity index is 820. The van der Waals surface area contributed by atoms with Crippen molar-refractivity contribution in [3.63, 3.8) is 0 Å². The third kappa shape index (κ3) is 9.26. The fourth-order valence-electron chi connectivity index (χ4n) is 2.31. The Morgan fingerprint density at radius 2 is 1.00 bits per heavy atom. The maximum atomic E-state index is 12.5. The number of aryl methyl sites for hydroxylation is 2. The minimum Gasteiger partial charge on any atom is -0.416 e. The molecule has 0 unspecified atom stereocenters. The summed E-state index contributed by atoms with van der Waals surface area (Å²) in [5.41, 5.74) is 0. The molecular weight excluding hydrogens is 502 g/mol. The molecule has 0 aliphatic carbocycles. The minimum absolute atomic E-state index is 0.136. The molecule has 0 bridgehead atoms. The number of hydrogen-bond donors (Lipinski definition) is 0. The fourth-order valence-corrected chi connectivity index (χ4v) is 8.23. The molecule has 2 aromatic heterocycles. The van der Waals surface area contributed by atoms with E-state index in [1.54, 1.807) is 27.7 Å². The molecule has 0 aliphatic heterocycles. The Kier molecular flexibility index (Phi) is 11.9. The molecule has 0 saturated heterocycles. The maximum absolute atomic E-state index is 12.5. The molecule has 2 rings (SSSR count). The van der Waals surface area contributed by atoms with Gasteiger partial charge in [0.1, 0.15) is 0 Å². The molecule has 16 heteroatoms. The average molecular weight is 531 g/mol. The quantitative estimate of drug-likeness (QED) is 0.185. The normalized spacial score (nSPS) is 12.5. The summed E-state index contributed by atoms with van der Waals surface area (Å²) < 4.78 is 56.9. The van der Waals surface area contributed by atoms with Gasteiger partial charge in [0, 0.05) is 12.8 Å². The first-order chi connectivity index (χ1) is 15.3. The van der Waals surface area contributed by atoms with E-state index in [9.17, 15) is 9.13 Å². The van der Waals surface area contributed by atoms with E-state index >= 15 is 0 Å². The predicted octanol–water partition coefficient (Wildman–Crippen LogP) is 5.56. The van der Waals surface area contributed by atoms with Crippen LogP contribution < -0.4 is 0 Å². The highest BCUT2D eigenvalue weighted by Gasteiger charge is 2.30. The molecule has 0 atom stereocenters. The van der Waals surface area contributed by atoms with E-state index in [4.69, 9.17) is 26.9 Å². The predicted molar refractivity (Wildman–Crippen MR) is 119 cm³/mol. The molecule has 0 amide bonds. The van der Waals surface area contributed by atoms with Gasteiger partial charge in [-0.2, -0.15) is 0 Å². The van der Waals surface area contributed by atoms with Crippen molar-refractivity contribution in [3.8, 4) is 0 Å². The topological polar surface area (TPSA) is 149 Å². The van der Waals surface area contributed by atoms with Crippen LogP contribution in [0.5, 0.6) is 0 Å². The van der Waals surface area contributed by atoms with E-state index in [-0.39, 0.29) is 36.9 Å². The SMILES string of the molecule is CCOP(=O)(OCC)Sc1nnc(CCCCc2nnc(SP(=O)(OCC)OCC)o2)o1. The van der Waals surface area contributed by atoms with Crippen LogP contribution in [-0.2, 0) is 40.1 Å². The van der Waals surface area contributed by atoms with Crippen molar-refractivity contribution in [2.24, 2.45) is 0 Å². The molecule has 32 heavy (non-hydrogen) atoms. The van der Waals surface area contributed by atoms with E-state index in [0.29, 0.717) is 24.6 Å². The van der Waals surface area contributed by atoms with Gasteiger partial charge in [0.2, 0.25) is 11.8 Å². The van der Waals surface area contributed by atoms with Crippen molar-refractivity contribution < 1.29 is 36.1 Å². The minimum atomic E-state index is -3.37. The van der Waals surface area contributed by atoms with Gasteiger partial charge < -0.3 is 26.9 Å². The van der Waals surface area contributed by atoms with Crippen LogP contribution in [0.25, 0.3) is 0 Å². The van der Waals surface area contributed by atoms with Crippen LogP contribution in [0.4, 0.5) is 0 Å². The molecule has 0 N–H and O–H groups in total. The van der Waals surface area contributed by atoms with Crippen LogP contribution in [-0.4, -0.2) is 46.8 Å². The van der Waals surface area contributed by atoms with Gasteiger partial charge in [-0.25, -0.2) is 9.13 Å². The second-order valence-corrected chi connectivity index (χ2v) is 13.5.